The Labute approximate surface area is 237 Å². The second kappa shape index (κ2) is 12.7. The summed E-state index contributed by atoms with van der Waals surface area (Å²) in [4.78, 5) is 18.3. The van der Waals surface area contributed by atoms with Crippen molar-refractivity contribution in [1.29, 1.82) is 5.26 Å². The molecule has 0 aliphatic rings. The first-order valence-electron chi connectivity index (χ1n) is 12.3. The van der Waals surface area contributed by atoms with Gasteiger partial charge >= 0.3 is 0 Å². The van der Waals surface area contributed by atoms with Crippen LogP contribution in [0.1, 0.15) is 24.5 Å². The Morgan fingerprint density at radius 2 is 1.72 bits per heavy atom. The lowest BCUT2D eigenvalue weighted by atomic mass is 9.98. The van der Waals surface area contributed by atoms with E-state index in [1.54, 1.807) is 25.3 Å². The summed E-state index contributed by atoms with van der Waals surface area (Å²) in [6.07, 6.45) is 0.512. The number of pyridine rings is 1. The lowest BCUT2D eigenvalue weighted by Gasteiger charge is -2.18. The van der Waals surface area contributed by atoms with E-state index >= 15 is 0 Å². The minimum absolute atomic E-state index is 0.236. The van der Waals surface area contributed by atoms with Crippen LogP contribution in [0.4, 0.5) is 5.69 Å². The second-order valence-corrected chi connectivity index (χ2v) is 10.4. The molecule has 198 valence electrons. The van der Waals surface area contributed by atoms with Crippen LogP contribution in [0.2, 0.25) is 5.02 Å². The number of rotatable bonds is 9. The van der Waals surface area contributed by atoms with Gasteiger partial charge in [0.25, 0.3) is 0 Å². The Hall–Kier alpha value is -3.99. The van der Waals surface area contributed by atoms with Gasteiger partial charge in [-0.15, -0.1) is 0 Å². The smallest absolute Gasteiger partial charge is 0.238 e. The maximum absolute atomic E-state index is 13.4. The Bertz CT molecular complexity index is 1520. The summed E-state index contributed by atoms with van der Waals surface area (Å²) in [5.41, 5.74) is 5.25. The number of aromatic nitrogens is 1. The minimum atomic E-state index is -0.523. The number of aryl methyl sites for hydroxylation is 1. The quantitative estimate of drug-likeness (QED) is 0.212. The molecule has 6 nitrogen and oxygen atoms in total. The molecule has 1 atom stereocenters. The minimum Gasteiger partial charge on any atom is -0.497 e. The zero-order valence-electron chi connectivity index (χ0n) is 22.1. The number of methoxy groups -OCH3 is 2. The summed E-state index contributed by atoms with van der Waals surface area (Å²) < 4.78 is 10.7. The average Bonchev–Trinajstić information content (AvgIpc) is 2.96. The molecular weight excluding hydrogens is 530 g/mol. The number of ether oxygens (including phenoxy) is 2. The van der Waals surface area contributed by atoms with E-state index in [4.69, 9.17) is 26.1 Å². The maximum Gasteiger partial charge on any atom is 0.238 e. The first kappa shape index (κ1) is 28.0. The summed E-state index contributed by atoms with van der Waals surface area (Å²) in [6, 6.07) is 24.9. The fourth-order valence-corrected chi connectivity index (χ4v) is 5.23. The standard InChI is InChI=1S/C31H28ClN3O3S/c1-5-29(30(36)34-27-16-22(32)12-15-28(27)38-4)39-31-25(18-33)24(20-8-6-19(2)7-9-20)17-26(35-31)21-10-13-23(37-3)14-11-21/h6-17,29H,5H2,1-4H3,(H,34,36). The third-order valence-electron chi connectivity index (χ3n) is 6.18. The van der Waals surface area contributed by atoms with E-state index in [0.717, 1.165) is 28.0 Å². The number of anilines is 1. The molecule has 1 amide bonds. The molecule has 0 aliphatic carbocycles. The molecule has 0 aliphatic heterocycles. The molecule has 1 N–H and O–H groups in total. The van der Waals surface area contributed by atoms with Crippen LogP contribution < -0.4 is 14.8 Å². The highest BCUT2D eigenvalue weighted by Crippen LogP contribution is 2.37. The summed E-state index contributed by atoms with van der Waals surface area (Å²) in [6.45, 7) is 3.94. The first-order valence-corrected chi connectivity index (χ1v) is 13.6. The van der Waals surface area contributed by atoms with Gasteiger partial charge in [-0.1, -0.05) is 60.1 Å². The third-order valence-corrected chi connectivity index (χ3v) is 7.77. The summed E-state index contributed by atoms with van der Waals surface area (Å²) in [7, 11) is 3.15. The van der Waals surface area contributed by atoms with E-state index in [1.165, 1.54) is 18.9 Å². The Balaban J connectivity index is 1.77. The van der Waals surface area contributed by atoms with Crippen molar-refractivity contribution in [2.24, 2.45) is 0 Å². The van der Waals surface area contributed by atoms with Crippen molar-refractivity contribution in [2.75, 3.05) is 19.5 Å². The van der Waals surface area contributed by atoms with E-state index in [0.29, 0.717) is 39.2 Å². The lowest BCUT2D eigenvalue weighted by molar-refractivity contribution is -0.115. The largest absolute Gasteiger partial charge is 0.497 e. The van der Waals surface area contributed by atoms with Crippen LogP contribution in [-0.2, 0) is 4.79 Å². The molecule has 0 saturated carbocycles. The average molecular weight is 558 g/mol. The van der Waals surface area contributed by atoms with Gasteiger partial charge in [0, 0.05) is 16.1 Å². The van der Waals surface area contributed by atoms with Crippen LogP contribution in [0.25, 0.3) is 22.4 Å². The van der Waals surface area contributed by atoms with E-state index in [1.807, 2.05) is 68.4 Å². The number of halogens is 1. The molecule has 0 bridgehead atoms. The molecule has 4 rings (SSSR count). The SMILES string of the molecule is CCC(Sc1nc(-c2ccc(OC)cc2)cc(-c2ccc(C)cc2)c1C#N)C(=O)Nc1cc(Cl)ccc1OC. The number of nitrogens with zero attached hydrogens (tertiary/aromatic N) is 2. The number of benzene rings is 3. The van der Waals surface area contributed by atoms with Crippen LogP contribution >= 0.6 is 23.4 Å². The predicted octanol–water partition coefficient (Wildman–Crippen LogP) is 7.78. The number of hydrogen-bond acceptors (Lipinski definition) is 6. The van der Waals surface area contributed by atoms with Gasteiger partial charge in [0.15, 0.2) is 0 Å². The number of nitrogens with one attached hydrogen (secondary N) is 1. The van der Waals surface area contributed by atoms with Gasteiger partial charge in [0.2, 0.25) is 5.91 Å². The molecule has 3 aromatic carbocycles. The van der Waals surface area contributed by atoms with Crippen molar-refractivity contribution in [1.82, 2.24) is 4.98 Å². The molecule has 0 spiro atoms. The van der Waals surface area contributed by atoms with Crippen molar-refractivity contribution in [3.05, 3.63) is 88.9 Å². The van der Waals surface area contributed by atoms with Crippen LogP contribution in [0.15, 0.2) is 77.8 Å². The Kier molecular flexibility index (Phi) is 9.13. The number of nitriles is 1. The van der Waals surface area contributed by atoms with Gasteiger partial charge in [-0.2, -0.15) is 5.26 Å². The molecular formula is C31H28ClN3O3S. The summed E-state index contributed by atoms with van der Waals surface area (Å²) >= 11 is 7.42. The maximum atomic E-state index is 13.4. The Morgan fingerprint density at radius 1 is 1.03 bits per heavy atom. The highest BCUT2D eigenvalue weighted by molar-refractivity contribution is 8.00. The number of amides is 1. The molecule has 1 aromatic heterocycles. The topological polar surface area (TPSA) is 84.2 Å². The highest BCUT2D eigenvalue weighted by atomic mass is 35.5. The van der Waals surface area contributed by atoms with Crippen molar-refractivity contribution < 1.29 is 14.3 Å². The zero-order valence-corrected chi connectivity index (χ0v) is 23.7. The fourth-order valence-electron chi connectivity index (χ4n) is 4.03. The van der Waals surface area contributed by atoms with Gasteiger partial charge in [-0.25, -0.2) is 4.98 Å². The predicted molar refractivity (Wildman–Crippen MR) is 158 cm³/mol. The van der Waals surface area contributed by atoms with Crippen LogP contribution in [0.3, 0.4) is 0 Å². The molecule has 39 heavy (non-hydrogen) atoms. The molecule has 1 unspecified atom stereocenters. The summed E-state index contributed by atoms with van der Waals surface area (Å²) in [5, 5.41) is 13.6. The van der Waals surface area contributed by atoms with Gasteiger partial charge in [0.05, 0.1) is 36.4 Å². The van der Waals surface area contributed by atoms with E-state index < -0.39 is 5.25 Å². The number of hydrogen-bond donors (Lipinski definition) is 1. The lowest BCUT2D eigenvalue weighted by Crippen LogP contribution is -2.25. The second-order valence-electron chi connectivity index (χ2n) is 8.79. The zero-order chi connectivity index (χ0) is 27.9. The van der Waals surface area contributed by atoms with Gasteiger partial charge in [-0.05, 0) is 67.4 Å². The van der Waals surface area contributed by atoms with Gasteiger partial charge in [-0.3, -0.25) is 4.79 Å². The third kappa shape index (κ3) is 6.54. The van der Waals surface area contributed by atoms with Crippen LogP contribution in [0, 0.1) is 18.3 Å². The first-order chi connectivity index (χ1) is 18.9. The molecule has 0 fully saturated rings. The highest BCUT2D eigenvalue weighted by Gasteiger charge is 2.24. The van der Waals surface area contributed by atoms with Crippen molar-refractivity contribution in [3.63, 3.8) is 0 Å². The monoisotopic (exact) mass is 557 g/mol. The molecule has 0 radical (unpaired) electrons. The normalized spacial score (nSPS) is 11.4. The number of thioether (sulfide) groups is 1. The Morgan fingerprint density at radius 3 is 2.33 bits per heavy atom. The van der Waals surface area contributed by atoms with Gasteiger partial charge in [0.1, 0.15) is 22.6 Å². The molecule has 8 heteroatoms. The van der Waals surface area contributed by atoms with Gasteiger partial charge < -0.3 is 14.8 Å². The number of carbonyl (C=O) groups excluding carboxylic acids is 1. The molecule has 1 heterocycles. The van der Waals surface area contributed by atoms with E-state index in [9.17, 15) is 10.1 Å². The van der Waals surface area contributed by atoms with E-state index in [2.05, 4.69) is 11.4 Å². The van der Waals surface area contributed by atoms with Crippen molar-refractivity contribution >= 4 is 35.0 Å². The fraction of sp³-hybridized carbons (Fsp3) is 0.194. The molecule has 4 aromatic rings. The van der Waals surface area contributed by atoms with Crippen molar-refractivity contribution in [2.45, 2.75) is 30.5 Å². The summed E-state index contributed by atoms with van der Waals surface area (Å²) in [5.74, 6) is 1.01. The molecule has 0 saturated heterocycles. The van der Waals surface area contributed by atoms with E-state index in [-0.39, 0.29) is 5.91 Å². The van der Waals surface area contributed by atoms with Crippen molar-refractivity contribution in [3.8, 4) is 40.0 Å². The number of carbonyl (C=O) groups is 1. The van der Waals surface area contributed by atoms with Crippen LogP contribution in [0.5, 0.6) is 11.5 Å². The van der Waals surface area contributed by atoms with Crippen LogP contribution in [-0.4, -0.2) is 30.4 Å².